The van der Waals surface area contributed by atoms with Gasteiger partial charge >= 0.3 is 0 Å². The van der Waals surface area contributed by atoms with E-state index in [0.717, 1.165) is 42.3 Å². The van der Waals surface area contributed by atoms with Crippen molar-refractivity contribution in [2.45, 2.75) is 51.2 Å². The van der Waals surface area contributed by atoms with E-state index in [9.17, 15) is 4.79 Å². The molecule has 1 saturated heterocycles. The third-order valence-corrected chi connectivity index (χ3v) is 4.74. The Morgan fingerprint density at radius 3 is 2.57 bits per heavy atom. The number of carbonyl (C=O) groups is 1. The first kappa shape index (κ1) is 14.9. The number of benzene rings is 1. The van der Waals surface area contributed by atoms with Gasteiger partial charge in [0.2, 0.25) is 5.91 Å². The van der Waals surface area contributed by atoms with Crippen LogP contribution in [0.3, 0.4) is 0 Å². The maximum absolute atomic E-state index is 12.6. The van der Waals surface area contributed by atoms with Crippen LogP contribution in [0.15, 0.2) is 24.3 Å². The van der Waals surface area contributed by atoms with Gasteiger partial charge in [-0.3, -0.25) is 10.1 Å². The van der Waals surface area contributed by atoms with Crippen molar-refractivity contribution in [3.63, 3.8) is 0 Å². The summed E-state index contributed by atoms with van der Waals surface area (Å²) >= 11 is 5.97. The van der Waals surface area contributed by atoms with E-state index >= 15 is 0 Å². The molecule has 2 atom stereocenters. The number of halogens is 1. The zero-order valence-electron chi connectivity index (χ0n) is 12.5. The Balaban J connectivity index is 1.76. The van der Waals surface area contributed by atoms with Crippen molar-refractivity contribution >= 4 is 17.5 Å². The van der Waals surface area contributed by atoms with E-state index in [0.29, 0.717) is 0 Å². The molecule has 2 unspecified atom stereocenters. The zero-order valence-corrected chi connectivity index (χ0v) is 13.3. The van der Waals surface area contributed by atoms with Crippen LogP contribution in [0.1, 0.15) is 50.8 Å². The van der Waals surface area contributed by atoms with Gasteiger partial charge in [-0.15, -0.1) is 0 Å². The fourth-order valence-electron chi connectivity index (χ4n) is 3.06. The van der Waals surface area contributed by atoms with Gasteiger partial charge < -0.3 is 4.90 Å². The Morgan fingerprint density at radius 2 is 1.95 bits per heavy atom. The van der Waals surface area contributed by atoms with Gasteiger partial charge in [-0.25, -0.2) is 0 Å². The highest BCUT2D eigenvalue weighted by molar-refractivity contribution is 6.30. The van der Waals surface area contributed by atoms with Gasteiger partial charge in [-0.2, -0.15) is 0 Å². The highest BCUT2D eigenvalue weighted by Gasteiger charge is 2.39. The van der Waals surface area contributed by atoms with E-state index in [1.54, 1.807) is 0 Å². The molecule has 1 amide bonds. The summed E-state index contributed by atoms with van der Waals surface area (Å²) in [5.74, 6) is 1.10. The average Bonchev–Trinajstić information content (AvgIpc) is 3.25. The van der Waals surface area contributed by atoms with Crippen molar-refractivity contribution in [2.75, 3.05) is 6.54 Å². The topological polar surface area (TPSA) is 32.3 Å². The summed E-state index contributed by atoms with van der Waals surface area (Å²) in [4.78, 5) is 14.6. The number of nitrogens with zero attached hydrogens (tertiary/aromatic N) is 1. The molecule has 2 fully saturated rings. The standard InChI is InChI=1S/C17H23ClN2O/c1-2-3-15-17(21)20(11-10-12-4-5-12)16(19-15)13-6-8-14(18)9-7-13/h6-9,12,15-16,19H,2-5,10-11H2,1H3. The summed E-state index contributed by atoms with van der Waals surface area (Å²) in [7, 11) is 0. The van der Waals surface area contributed by atoms with Gasteiger partial charge in [0, 0.05) is 11.6 Å². The number of hydrogen-bond donors (Lipinski definition) is 1. The summed E-state index contributed by atoms with van der Waals surface area (Å²) in [5, 5.41) is 4.24. The molecule has 1 heterocycles. The molecule has 0 aromatic heterocycles. The number of hydrogen-bond acceptors (Lipinski definition) is 2. The molecule has 114 valence electrons. The lowest BCUT2D eigenvalue weighted by molar-refractivity contribution is -0.130. The van der Waals surface area contributed by atoms with Crippen LogP contribution in [-0.4, -0.2) is 23.4 Å². The normalized spacial score (nSPS) is 25.6. The summed E-state index contributed by atoms with van der Waals surface area (Å²) in [5.41, 5.74) is 1.13. The predicted molar refractivity (Wildman–Crippen MR) is 85.1 cm³/mol. The average molecular weight is 307 g/mol. The van der Waals surface area contributed by atoms with E-state index in [2.05, 4.69) is 12.2 Å². The van der Waals surface area contributed by atoms with Crippen LogP contribution in [0.25, 0.3) is 0 Å². The van der Waals surface area contributed by atoms with Gasteiger partial charge in [0.1, 0.15) is 6.17 Å². The molecule has 1 N–H and O–H groups in total. The molecule has 3 nitrogen and oxygen atoms in total. The second-order valence-corrected chi connectivity index (χ2v) is 6.66. The lowest BCUT2D eigenvalue weighted by Crippen LogP contribution is -2.32. The van der Waals surface area contributed by atoms with Crippen LogP contribution < -0.4 is 5.32 Å². The third kappa shape index (κ3) is 3.41. The SMILES string of the molecule is CCCC1NC(c2ccc(Cl)cc2)N(CCC2CC2)C1=O. The quantitative estimate of drug-likeness (QED) is 0.868. The van der Waals surface area contributed by atoms with Gasteiger partial charge in [-0.1, -0.05) is 49.9 Å². The van der Waals surface area contributed by atoms with Gasteiger partial charge in [0.25, 0.3) is 0 Å². The fraction of sp³-hybridized carbons (Fsp3) is 0.588. The van der Waals surface area contributed by atoms with Crippen LogP contribution in [0.5, 0.6) is 0 Å². The minimum Gasteiger partial charge on any atom is -0.322 e. The molecular formula is C17H23ClN2O. The Kier molecular flexibility index (Phi) is 4.51. The first-order chi connectivity index (χ1) is 10.2. The molecule has 4 heteroatoms. The van der Waals surface area contributed by atoms with Crippen LogP contribution in [0.2, 0.25) is 5.02 Å². The summed E-state index contributed by atoms with van der Waals surface area (Å²) in [6.45, 7) is 2.99. The second-order valence-electron chi connectivity index (χ2n) is 6.23. The molecular weight excluding hydrogens is 284 g/mol. The van der Waals surface area contributed by atoms with E-state index < -0.39 is 0 Å². The monoisotopic (exact) mass is 306 g/mol. The third-order valence-electron chi connectivity index (χ3n) is 4.49. The van der Waals surface area contributed by atoms with Crippen molar-refractivity contribution in [3.05, 3.63) is 34.9 Å². The summed E-state index contributed by atoms with van der Waals surface area (Å²) in [6.07, 6.45) is 5.73. The molecule has 2 aliphatic rings. The Morgan fingerprint density at radius 1 is 1.24 bits per heavy atom. The van der Waals surface area contributed by atoms with E-state index in [-0.39, 0.29) is 18.1 Å². The van der Waals surface area contributed by atoms with Crippen LogP contribution in [0.4, 0.5) is 0 Å². The van der Waals surface area contributed by atoms with Crippen molar-refractivity contribution in [1.29, 1.82) is 0 Å². The molecule has 0 radical (unpaired) electrons. The van der Waals surface area contributed by atoms with Crippen molar-refractivity contribution in [3.8, 4) is 0 Å². The Bertz CT molecular complexity index is 498. The molecule has 1 aliphatic heterocycles. The van der Waals surface area contributed by atoms with Crippen LogP contribution >= 0.6 is 11.6 Å². The number of rotatable bonds is 6. The highest BCUT2D eigenvalue weighted by Crippen LogP contribution is 2.35. The summed E-state index contributed by atoms with van der Waals surface area (Å²) < 4.78 is 0. The number of carbonyl (C=O) groups excluding carboxylic acids is 1. The predicted octanol–water partition coefficient (Wildman–Crippen LogP) is 3.74. The first-order valence-corrected chi connectivity index (χ1v) is 8.39. The molecule has 1 aliphatic carbocycles. The minimum atomic E-state index is -0.0325. The smallest absolute Gasteiger partial charge is 0.241 e. The fourth-order valence-corrected chi connectivity index (χ4v) is 3.19. The lowest BCUT2D eigenvalue weighted by atomic mass is 10.1. The molecule has 1 saturated carbocycles. The number of amides is 1. The van der Waals surface area contributed by atoms with Crippen molar-refractivity contribution in [1.82, 2.24) is 10.2 Å². The van der Waals surface area contributed by atoms with Gasteiger partial charge in [-0.05, 0) is 36.5 Å². The molecule has 0 spiro atoms. The van der Waals surface area contributed by atoms with E-state index in [1.165, 1.54) is 12.8 Å². The molecule has 1 aromatic carbocycles. The Hall–Kier alpha value is -1.06. The second kappa shape index (κ2) is 6.37. The van der Waals surface area contributed by atoms with E-state index in [1.807, 2.05) is 29.2 Å². The van der Waals surface area contributed by atoms with E-state index in [4.69, 9.17) is 11.6 Å². The first-order valence-electron chi connectivity index (χ1n) is 8.01. The summed E-state index contributed by atoms with van der Waals surface area (Å²) in [6, 6.07) is 7.80. The maximum atomic E-state index is 12.6. The van der Waals surface area contributed by atoms with Crippen molar-refractivity contribution in [2.24, 2.45) is 5.92 Å². The largest absolute Gasteiger partial charge is 0.322 e. The molecule has 1 aromatic rings. The maximum Gasteiger partial charge on any atom is 0.241 e. The Labute approximate surface area is 131 Å². The number of nitrogens with one attached hydrogen (secondary N) is 1. The van der Waals surface area contributed by atoms with Gasteiger partial charge in [0.15, 0.2) is 0 Å². The minimum absolute atomic E-state index is 0.00469. The molecule has 0 bridgehead atoms. The molecule has 3 rings (SSSR count). The van der Waals surface area contributed by atoms with Crippen LogP contribution in [-0.2, 0) is 4.79 Å². The molecule has 21 heavy (non-hydrogen) atoms. The highest BCUT2D eigenvalue weighted by atomic mass is 35.5. The van der Waals surface area contributed by atoms with Gasteiger partial charge in [0.05, 0.1) is 6.04 Å². The lowest BCUT2D eigenvalue weighted by Gasteiger charge is -2.24. The zero-order chi connectivity index (χ0) is 14.8. The van der Waals surface area contributed by atoms with Crippen LogP contribution in [0, 0.1) is 5.92 Å². The van der Waals surface area contributed by atoms with Crippen molar-refractivity contribution < 1.29 is 4.79 Å².